The van der Waals surface area contributed by atoms with Crippen LogP contribution in [0.2, 0.25) is 0 Å². The van der Waals surface area contributed by atoms with Crippen LogP contribution in [0.5, 0.6) is 0 Å². The Morgan fingerprint density at radius 3 is 1.53 bits per heavy atom. The van der Waals surface area contributed by atoms with Gasteiger partial charge in [0.2, 0.25) is 0 Å². The van der Waals surface area contributed by atoms with E-state index in [1.54, 1.807) is 13.8 Å². The van der Waals surface area contributed by atoms with Crippen molar-refractivity contribution in [3.8, 4) is 0 Å². The summed E-state index contributed by atoms with van der Waals surface area (Å²) >= 11 is 0. The molecule has 0 aliphatic carbocycles. The highest BCUT2D eigenvalue weighted by Gasteiger charge is 2.12. The third-order valence-electron chi connectivity index (χ3n) is 2.46. The van der Waals surface area contributed by atoms with E-state index in [1.165, 1.54) is 0 Å². The SMILES string of the molecule is CC(CN)C(=O)OCCOCCOC(=O)C(C)CN. The summed E-state index contributed by atoms with van der Waals surface area (Å²) in [4.78, 5) is 22.4. The first-order valence-electron chi connectivity index (χ1n) is 6.34. The maximum Gasteiger partial charge on any atom is 0.310 e. The van der Waals surface area contributed by atoms with Gasteiger partial charge in [-0.15, -0.1) is 0 Å². The van der Waals surface area contributed by atoms with Gasteiger partial charge in [0.25, 0.3) is 0 Å². The zero-order valence-corrected chi connectivity index (χ0v) is 11.6. The lowest BCUT2D eigenvalue weighted by atomic mass is 10.2. The molecular weight excluding hydrogens is 252 g/mol. The largest absolute Gasteiger partial charge is 0.463 e. The summed E-state index contributed by atoms with van der Waals surface area (Å²) in [6.45, 7) is 4.75. The molecule has 112 valence electrons. The lowest BCUT2D eigenvalue weighted by Crippen LogP contribution is -2.25. The number of nitrogens with two attached hydrogens (primary N) is 2. The van der Waals surface area contributed by atoms with Gasteiger partial charge in [-0.25, -0.2) is 0 Å². The first-order valence-corrected chi connectivity index (χ1v) is 6.34. The molecule has 4 N–H and O–H groups in total. The summed E-state index contributed by atoms with van der Waals surface area (Å²) in [5.74, 6) is -1.29. The fraction of sp³-hybridized carbons (Fsp3) is 0.833. The van der Waals surface area contributed by atoms with Crippen molar-refractivity contribution in [3.05, 3.63) is 0 Å². The molecule has 0 aromatic rings. The average molecular weight is 276 g/mol. The Bertz CT molecular complexity index is 247. The van der Waals surface area contributed by atoms with Crippen molar-refractivity contribution in [1.82, 2.24) is 0 Å². The van der Waals surface area contributed by atoms with Crippen molar-refractivity contribution < 1.29 is 23.8 Å². The van der Waals surface area contributed by atoms with Crippen LogP contribution in [0.25, 0.3) is 0 Å². The molecule has 0 saturated carbocycles. The second kappa shape index (κ2) is 10.7. The molecule has 0 fully saturated rings. The van der Waals surface area contributed by atoms with Gasteiger partial charge in [0, 0.05) is 13.1 Å². The minimum atomic E-state index is -0.339. The van der Waals surface area contributed by atoms with E-state index in [2.05, 4.69) is 0 Å². The third-order valence-corrected chi connectivity index (χ3v) is 2.46. The van der Waals surface area contributed by atoms with E-state index in [1.807, 2.05) is 0 Å². The highest BCUT2D eigenvalue weighted by Crippen LogP contribution is 1.96. The number of carbonyl (C=O) groups is 2. The Kier molecular flexibility index (Phi) is 10.1. The van der Waals surface area contributed by atoms with Gasteiger partial charge in [-0.1, -0.05) is 13.8 Å². The Labute approximate surface area is 113 Å². The smallest absolute Gasteiger partial charge is 0.310 e. The maximum atomic E-state index is 11.2. The zero-order valence-electron chi connectivity index (χ0n) is 11.6. The minimum Gasteiger partial charge on any atom is -0.463 e. The van der Waals surface area contributed by atoms with Crippen LogP contribution in [0, 0.1) is 11.8 Å². The monoisotopic (exact) mass is 276 g/mol. The predicted octanol–water partition coefficient (Wildman–Crippen LogP) is -0.721. The van der Waals surface area contributed by atoms with Crippen molar-refractivity contribution in [2.75, 3.05) is 39.5 Å². The predicted molar refractivity (Wildman–Crippen MR) is 69.2 cm³/mol. The highest BCUT2D eigenvalue weighted by molar-refractivity contribution is 5.72. The van der Waals surface area contributed by atoms with E-state index in [4.69, 9.17) is 25.7 Å². The van der Waals surface area contributed by atoms with E-state index in [-0.39, 0.29) is 63.3 Å². The lowest BCUT2D eigenvalue weighted by Gasteiger charge is -2.10. The Morgan fingerprint density at radius 2 is 1.21 bits per heavy atom. The van der Waals surface area contributed by atoms with Crippen LogP contribution >= 0.6 is 0 Å². The number of hydrogen-bond donors (Lipinski definition) is 2. The molecule has 0 aliphatic heterocycles. The summed E-state index contributed by atoms with van der Waals surface area (Å²) in [5, 5.41) is 0. The molecule has 2 unspecified atom stereocenters. The van der Waals surface area contributed by atoms with Gasteiger partial charge >= 0.3 is 11.9 Å². The van der Waals surface area contributed by atoms with Crippen molar-refractivity contribution in [1.29, 1.82) is 0 Å². The number of esters is 2. The van der Waals surface area contributed by atoms with Crippen LogP contribution in [-0.4, -0.2) is 51.5 Å². The molecule has 0 saturated heterocycles. The Hall–Kier alpha value is -1.18. The maximum absolute atomic E-state index is 11.2. The van der Waals surface area contributed by atoms with Crippen LogP contribution in [0.15, 0.2) is 0 Å². The van der Waals surface area contributed by atoms with Crippen LogP contribution in [0.3, 0.4) is 0 Å². The highest BCUT2D eigenvalue weighted by atomic mass is 16.6. The van der Waals surface area contributed by atoms with Gasteiger partial charge in [0.15, 0.2) is 0 Å². The summed E-state index contributed by atoms with van der Waals surface area (Å²) in [6, 6.07) is 0. The number of hydrogen-bond acceptors (Lipinski definition) is 7. The van der Waals surface area contributed by atoms with Crippen molar-refractivity contribution in [2.24, 2.45) is 23.3 Å². The van der Waals surface area contributed by atoms with Crippen molar-refractivity contribution in [2.45, 2.75) is 13.8 Å². The molecule has 0 spiro atoms. The fourth-order valence-electron chi connectivity index (χ4n) is 0.981. The molecule has 2 atom stereocenters. The molecule has 0 bridgehead atoms. The normalized spacial score (nSPS) is 13.7. The topological polar surface area (TPSA) is 114 Å². The molecule has 0 rings (SSSR count). The van der Waals surface area contributed by atoms with Gasteiger partial charge in [0.05, 0.1) is 25.0 Å². The second-order valence-electron chi connectivity index (χ2n) is 4.22. The summed E-state index contributed by atoms with van der Waals surface area (Å²) in [6.07, 6.45) is 0. The molecule has 0 heterocycles. The fourth-order valence-corrected chi connectivity index (χ4v) is 0.981. The van der Waals surface area contributed by atoms with Gasteiger partial charge in [-0.3, -0.25) is 9.59 Å². The van der Waals surface area contributed by atoms with E-state index in [0.29, 0.717) is 0 Å². The minimum absolute atomic E-state index is 0.163. The van der Waals surface area contributed by atoms with E-state index in [0.717, 1.165) is 0 Å². The van der Waals surface area contributed by atoms with Gasteiger partial charge in [-0.05, 0) is 0 Å². The quantitative estimate of drug-likeness (QED) is 0.400. The lowest BCUT2D eigenvalue weighted by molar-refractivity contribution is -0.150. The molecule has 7 heteroatoms. The summed E-state index contributed by atoms with van der Waals surface area (Å²) in [7, 11) is 0. The van der Waals surface area contributed by atoms with Crippen molar-refractivity contribution >= 4 is 11.9 Å². The molecule has 0 amide bonds. The molecular formula is C12H24N2O5. The standard InChI is InChI=1S/C12H24N2O5/c1-9(7-13)11(15)18-5-3-17-4-6-19-12(16)10(2)8-14/h9-10H,3-8,13-14H2,1-2H3. The first-order chi connectivity index (χ1) is 9.02. The summed E-state index contributed by atoms with van der Waals surface area (Å²) < 4.78 is 15.0. The van der Waals surface area contributed by atoms with Gasteiger partial charge in [-0.2, -0.15) is 0 Å². The number of carbonyl (C=O) groups excluding carboxylic acids is 2. The second-order valence-corrected chi connectivity index (χ2v) is 4.22. The van der Waals surface area contributed by atoms with E-state index < -0.39 is 0 Å². The zero-order chi connectivity index (χ0) is 14.7. The van der Waals surface area contributed by atoms with Crippen LogP contribution in [-0.2, 0) is 23.8 Å². The van der Waals surface area contributed by atoms with Crippen LogP contribution < -0.4 is 11.5 Å². The molecule has 0 aliphatic rings. The molecule has 0 aromatic heterocycles. The molecule has 0 aromatic carbocycles. The van der Waals surface area contributed by atoms with E-state index in [9.17, 15) is 9.59 Å². The Balaban J connectivity index is 3.42. The Morgan fingerprint density at radius 1 is 0.842 bits per heavy atom. The van der Waals surface area contributed by atoms with Crippen LogP contribution in [0.4, 0.5) is 0 Å². The van der Waals surface area contributed by atoms with E-state index >= 15 is 0 Å². The van der Waals surface area contributed by atoms with Crippen molar-refractivity contribution in [3.63, 3.8) is 0 Å². The first kappa shape index (κ1) is 17.8. The summed E-state index contributed by atoms with van der Waals surface area (Å²) in [5.41, 5.74) is 10.6. The molecule has 7 nitrogen and oxygen atoms in total. The molecule has 19 heavy (non-hydrogen) atoms. The molecule has 0 radical (unpaired) electrons. The van der Waals surface area contributed by atoms with Gasteiger partial charge < -0.3 is 25.7 Å². The van der Waals surface area contributed by atoms with Gasteiger partial charge in [0.1, 0.15) is 13.2 Å². The number of rotatable bonds is 10. The third kappa shape index (κ3) is 8.52. The number of ether oxygens (including phenoxy) is 3. The average Bonchev–Trinajstić information content (AvgIpc) is 2.43. The van der Waals surface area contributed by atoms with Crippen LogP contribution in [0.1, 0.15) is 13.8 Å².